The molecule has 1 aromatic rings. The number of rotatable bonds is 1. The molecule has 2 unspecified atom stereocenters. The molecule has 0 aromatic carbocycles. The summed E-state index contributed by atoms with van der Waals surface area (Å²) in [5.41, 5.74) is 0.451. The van der Waals surface area contributed by atoms with Crippen molar-refractivity contribution >= 4 is 23.4 Å². The van der Waals surface area contributed by atoms with E-state index in [1.165, 1.54) is 6.20 Å². The van der Waals surface area contributed by atoms with Crippen molar-refractivity contribution in [3.8, 4) is 0 Å². The Kier molecular flexibility index (Phi) is 3.61. The van der Waals surface area contributed by atoms with Crippen LogP contribution in [0.5, 0.6) is 0 Å². The van der Waals surface area contributed by atoms with Crippen molar-refractivity contribution < 1.29 is 9.59 Å². The number of carbonyl (C=O) groups excluding carboxylic acids is 2. The predicted molar refractivity (Wildman–Crippen MR) is 74.4 cm³/mol. The van der Waals surface area contributed by atoms with Crippen molar-refractivity contribution in [3.05, 3.63) is 29.0 Å². The number of pyridine rings is 1. The zero-order valence-electron chi connectivity index (χ0n) is 11.0. The highest BCUT2D eigenvalue weighted by atomic mass is 35.5. The fourth-order valence-corrected chi connectivity index (χ4v) is 3.19. The summed E-state index contributed by atoms with van der Waals surface area (Å²) in [5.74, 6) is 0.403. The van der Waals surface area contributed by atoms with Crippen LogP contribution in [-0.4, -0.2) is 40.8 Å². The van der Waals surface area contributed by atoms with E-state index in [1.807, 2.05) is 4.90 Å². The van der Waals surface area contributed by atoms with Crippen molar-refractivity contribution in [2.24, 2.45) is 5.92 Å². The van der Waals surface area contributed by atoms with Crippen LogP contribution in [0.25, 0.3) is 0 Å². The number of aromatic nitrogens is 1. The number of amides is 2. The van der Waals surface area contributed by atoms with Gasteiger partial charge in [-0.3, -0.25) is 14.6 Å². The van der Waals surface area contributed by atoms with Gasteiger partial charge in [0.15, 0.2) is 0 Å². The van der Waals surface area contributed by atoms with Crippen LogP contribution >= 0.6 is 11.6 Å². The van der Waals surface area contributed by atoms with Crippen molar-refractivity contribution in [1.82, 2.24) is 15.2 Å². The molecule has 1 N–H and O–H groups in total. The van der Waals surface area contributed by atoms with Gasteiger partial charge in [-0.1, -0.05) is 11.6 Å². The first-order valence-electron chi connectivity index (χ1n) is 6.83. The molecule has 20 heavy (non-hydrogen) atoms. The van der Waals surface area contributed by atoms with Crippen LogP contribution in [0.15, 0.2) is 18.5 Å². The standard InChI is InChI=1S/C14H16ClN3O2/c15-11-3-5-16-7-10(11)14(20)18-6-4-12-9(8-18)1-2-13(19)17-12/h3,5,7,9,12H,1-2,4,6,8H2,(H,17,19). The number of piperidine rings is 2. The number of hydrogen-bond acceptors (Lipinski definition) is 3. The molecule has 3 heterocycles. The molecule has 2 amide bonds. The van der Waals surface area contributed by atoms with Crippen molar-refractivity contribution in [1.29, 1.82) is 0 Å². The highest BCUT2D eigenvalue weighted by Gasteiger charge is 2.35. The lowest BCUT2D eigenvalue weighted by atomic mass is 9.85. The summed E-state index contributed by atoms with van der Waals surface area (Å²) in [6.07, 6.45) is 5.29. The fourth-order valence-electron chi connectivity index (χ4n) is 3.00. The van der Waals surface area contributed by atoms with E-state index in [9.17, 15) is 9.59 Å². The lowest BCUT2D eigenvalue weighted by Crippen LogP contribution is -2.55. The lowest BCUT2D eigenvalue weighted by molar-refractivity contribution is -0.125. The summed E-state index contributed by atoms with van der Waals surface area (Å²) in [6, 6.07) is 1.84. The van der Waals surface area contributed by atoms with E-state index < -0.39 is 0 Å². The third kappa shape index (κ3) is 2.50. The van der Waals surface area contributed by atoms with Gasteiger partial charge in [-0.15, -0.1) is 0 Å². The van der Waals surface area contributed by atoms with E-state index in [0.717, 1.165) is 12.8 Å². The molecule has 2 aliphatic rings. The van der Waals surface area contributed by atoms with Gasteiger partial charge in [0.2, 0.25) is 5.91 Å². The van der Waals surface area contributed by atoms with E-state index in [-0.39, 0.29) is 17.9 Å². The maximum Gasteiger partial charge on any atom is 0.256 e. The minimum absolute atomic E-state index is 0.0709. The number of nitrogens with zero attached hydrogens (tertiary/aromatic N) is 2. The number of halogens is 1. The van der Waals surface area contributed by atoms with Gasteiger partial charge in [0.05, 0.1) is 10.6 Å². The monoisotopic (exact) mass is 293 g/mol. The second-order valence-electron chi connectivity index (χ2n) is 5.37. The molecule has 2 atom stereocenters. The maximum atomic E-state index is 12.5. The van der Waals surface area contributed by atoms with Gasteiger partial charge in [0.25, 0.3) is 5.91 Å². The minimum Gasteiger partial charge on any atom is -0.353 e. The molecule has 0 radical (unpaired) electrons. The van der Waals surface area contributed by atoms with E-state index in [4.69, 9.17) is 11.6 Å². The van der Waals surface area contributed by atoms with Crippen LogP contribution in [0.2, 0.25) is 5.02 Å². The highest BCUT2D eigenvalue weighted by Crippen LogP contribution is 2.27. The molecule has 2 aliphatic heterocycles. The van der Waals surface area contributed by atoms with Crippen LogP contribution in [0, 0.1) is 5.92 Å². The van der Waals surface area contributed by atoms with Gasteiger partial charge in [-0.2, -0.15) is 0 Å². The molecular weight excluding hydrogens is 278 g/mol. The number of fused-ring (bicyclic) bond motifs is 1. The van der Waals surface area contributed by atoms with Gasteiger partial charge in [-0.05, 0) is 24.8 Å². The summed E-state index contributed by atoms with van der Waals surface area (Å²) in [5, 5.41) is 3.45. The summed E-state index contributed by atoms with van der Waals surface area (Å²) in [4.78, 5) is 29.6. The molecule has 1 aromatic heterocycles. The molecule has 2 fully saturated rings. The Hall–Kier alpha value is -1.62. The number of hydrogen-bond donors (Lipinski definition) is 1. The normalized spacial score (nSPS) is 25.9. The molecule has 0 spiro atoms. The van der Waals surface area contributed by atoms with E-state index in [0.29, 0.717) is 36.0 Å². The SMILES string of the molecule is O=C1CCC2CN(C(=O)c3cnccc3Cl)CCC2N1. The average molecular weight is 294 g/mol. The third-order valence-corrected chi connectivity index (χ3v) is 4.44. The molecule has 6 heteroatoms. The van der Waals surface area contributed by atoms with Crippen LogP contribution < -0.4 is 5.32 Å². The van der Waals surface area contributed by atoms with Crippen molar-refractivity contribution in [2.45, 2.75) is 25.3 Å². The first-order valence-corrected chi connectivity index (χ1v) is 7.21. The van der Waals surface area contributed by atoms with Gasteiger partial charge in [0, 0.05) is 37.9 Å². The zero-order valence-corrected chi connectivity index (χ0v) is 11.8. The van der Waals surface area contributed by atoms with Crippen molar-refractivity contribution in [3.63, 3.8) is 0 Å². The second-order valence-corrected chi connectivity index (χ2v) is 5.78. The Morgan fingerprint density at radius 1 is 1.45 bits per heavy atom. The number of likely N-dealkylation sites (tertiary alicyclic amines) is 1. The molecule has 2 saturated heterocycles. The summed E-state index contributed by atoms with van der Waals surface area (Å²) in [7, 11) is 0. The topological polar surface area (TPSA) is 62.3 Å². The quantitative estimate of drug-likeness (QED) is 0.853. The average Bonchev–Trinajstić information content (AvgIpc) is 2.46. The minimum atomic E-state index is -0.0709. The van der Waals surface area contributed by atoms with Crippen molar-refractivity contribution in [2.75, 3.05) is 13.1 Å². The summed E-state index contributed by atoms with van der Waals surface area (Å²) < 4.78 is 0. The highest BCUT2D eigenvalue weighted by molar-refractivity contribution is 6.33. The Bertz CT molecular complexity index is 549. The predicted octanol–water partition coefficient (Wildman–Crippen LogP) is 1.48. The molecule has 106 valence electrons. The van der Waals surface area contributed by atoms with Gasteiger partial charge in [0.1, 0.15) is 0 Å². The number of nitrogens with one attached hydrogen (secondary N) is 1. The summed E-state index contributed by atoms with van der Waals surface area (Å²) in [6.45, 7) is 1.32. The smallest absolute Gasteiger partial charge is 0.256 e. The van der Waals surface area contributed by atoms with Crippen LogP contribution in [0.3, 0.4) is 0 Å². The largest absolute Gasteiger partial charge is 0.353 e. The molecular formula is C14H16ClN3O2. The van der Waals surface area contributed by atoms with Crippen LogP contribution in [0.1, 0.15) is 29.6 Å². The zero-order chi connectivity index (χ0) is 14.1. The first kappa shape index (κ1) is 13.4. The van der Waals surface area contributed by atoms with Gasteiger partial charge >= 0.3 is 0 Å². The second kappa shape index (κ2) is 5.40. The van der Waals surface area contributed by atoms with Crippen LogP contribution in [0.4, 0.5) is 0 Å². The van der Waals surface area contributed by atoms with E-state index in [2.05, 4.69) is 10.3 Å². The van der Waals surface area contributed by atoms with Crippen LogP contribution in [-0.2, 0) is 4.79 Å². The van der Waals surface area contributed by atoms with Gasteiger partial charge in [-0.25, -0.2) is 0 Å². The molecule has 0 aliphatic carbocycles. The Morgan fingerprint density at radius 3 is 3.10 bits per heavy atom. The molecule has 3 rings (SSSR count). The fraction of sp³-hybridized carbons (Fsp3) is 0.500. The summed E-state index contributed by atoms with van der Waals surface area (Å²) >= 11 is 6.05. The Labute approximate surface area is 122 Å². The Morgan fingerprint density at radius 2 is 2.30 bits per heavy atom. The molecule has 0 saturated carbocycles. The molecule has 0 bridgehead atoms. The maximum absolute atomic E-state index is 12.5. The first-order chi connectivity index (χ1) is 9.65. The van der Waals surface area contributed by atoms with E-state index in [1.54, 1.807) is 12.3 Å². The Balaban J connectivity index is 1.72. The van der Waals surface area contributed by atoms with Gasteiger partial charge < -0.3 is 10.2 Å². The molecule has 5 nitrogen and oxygen atoms in total. The van der Waals surface area contributed by atoms with E-state index >= 15 is 0 Å². The lowest BCUT2D eigenvalue weighted by Gasteiger charge is -2.41. The third-order valence-electron chi connectivity index (χ3n) is 4.11. The number of carbonyl (C=O) groups is 2.